The Morgan fingerprint density at radius 1 is 1.30 bits per heavy atom. The number of epoxide rings is 1. The number of amides is 1. The summed E-state index contributed by atoms with van der Waals surface area (Å²) < 4.78 is 6.10. The van der Waals surface area contributed by atoms with Crippen LogP contribution in [0, 0.1) is 29.6 Å². The molecule has 2 saturated heterocycles. The first-order valence-corrected chi connectivity index (χ1v) is 13.3. The number of aromatic nitrogens is 1. The van der Waals surface area contributed by atoms with Crippen molar-refractivity contribution < 1.29 is 24.5 Å². The largest absolute Gasteiger partial charge is 0.392 e. The van der Waals surface area contributed by atoms with Gasteiger partial charge in [0.15, 0.2) is 0 Å². The number of aliphatic hydroxyl groups excluding tert-OH is 2. The maximum atomic E-state index is 13.5. The Hall–Kier alpha value is -2.53. The van der Waals surface area contributed by atoms with Gasteiger partial charge >= 0.3 is 0 Å². The van der Waals surface area contributed by atoms with E-state index in [0.717, 1.165) is 30.5 Å². The molecule has 0 radical (unpaired) electrons. The van der Waals surface area contributed by atoms with Gasteiger partial charge in [-0.05, 0) is 56.4 Å². The van der Waals surface area contributed by atoms with Crippen LogP contribution in [0.1, 0.15) is 78.8 Å². The molecule has 2 aliphatic heterocycles. The molecule has 1 amide bonds. The predicted molar refractivity (Wildman–Crippen MR) is 143 cm³/mol. The molecule has 3 heterocycles. The number of carbonyl (C=O) groups excluding carboxylic acids is 2. The van der Waals surface area contributed by atoms with Gasteiger partial charge in [0.2, 0.25) is 5.91 Å². The summed E-state index contributed by atoms with van der Waals surface area (Å²) in [6.45, 7) is 9.19. The fourth-order valence-corrected chi connectivity index (χ4v) is 5.34. The molecule has 1 aromatic heterocycles. The van der Waals surface area contributed by atoms with E-state index in [9.17, 15) is 19.8 Å². The van der Waals surface area contributed by atoms with E-state index in [4.69, 9.17) is 11.2 Å². The second-order valence-electron chi connectivity index (χ2n) is 11.6. The second-order valence-corrected chi connectivity index (χ2v) is 11.6. The SMILES string of the molecule is C#CCC1C(=O)C(C)(C)C(O)CC(=O)NC(C(C)=Cc2ccccn2)CC2OC2(C)CCCC(C)C1O. The van der Waals surface area contributed by atoms with Gasteiger partial charge < -0.3 is 20.3 Å². The molecule has 2 fully saturated rings. The Kier molecular flexibility index (Phi) is 9.33. The zero-order valence-electron chi connectivity index (χ0n) is 22.7. The summed E-state index contributed by atoms with van der Waals surface area (Å²) in [5, 5.41) is 25.1. The summed E-state index contributed by atoms with van der Waals surface area (Å²) in [5.41, 5.74) is 0.163. The van der Waals surface area contributed by atoms with Gasteiger partial charge in [-0.25, -0.2) is 0 Å². The smallest absolute Gasteiger partial charge is 0.223 e. The number of terminal acetylenes is 1. The van der Waals surface area contributed by atoms with E-state index < -0.39 is 23.5 Å². The number of carbonyl (C=O) groups is 2. The third-order valence-electron chi connectivity index (χ3n) is 8.28. The zero-order chi connectivity index (χ0) is 27.4. The van der Waals surface area contributed by atoms with Crippen molar-refractivity contribution in [1.82, 2.24) is 10.3 Å². The van der Waals surface area contributed by atoms with Crippen LogP contribution in [0.3, 0.4) is 0 Å². The minimum absolute atomic E-state index is 0.0184. The summed E-state index contributed by atoms with van der Waals surface area (Å²) in [7, 11) is 0. The molecule has 7 atom stereocenters. The number of hydrogen-bond acceptors (Lipinski definition) is 6. The van der Waals surface area contributed by atoms with Gasteiger partial charge in [-0.2, -0.15) is 0 Å². The van der Waals surface area contributed by atoms with Crippen LogP contribution in [0.5, 0.6) is 0 Å². The zero-order valence-corrected chi connectivity index (χ0v) is 22.7. The first-order valence-electron chi connectivity index (χ1n) is 13.3. The van der Waals surface area contributed by atoms with Gasteiger partial charge in [0.05, 0.1) is 53.4 Å². The number of ketones is 1. The van der Waals surface area contributed by atoms with Crippen LogP contribution in [0.25, 0.3) is 6.08 Å². The minimum Gasteiger partial charge on any atom is -0.392 e. The number of nitrogens with one attached hydrogen (secondary N) is 1. The minimum atomic E-state index is -1.26. The van der Waals surface area contributed by atoms with Gasteiger partial charge in [0.25, 0.3) is 0 Å². The molecule has 2 aliphatic rings. The Morgan fingerprint density at radius 2 is 2.03 bits per heavy atom. The van der Waals surface area contributed by atoms with Crippen LogP contribution in [0.2, 0.25) is 0 Å². The first-order chi connectivity index (χ1) is 17.4. The Balaban J connectivity index is 1.89. The van der Waals surface area contributed by atoms with E-state index in [1.54, 1.807) is 20.0 Å². The van der Waals surface area contributed by atoms with Crippen molar-refractivity contribution in [3.8, 4) is 12.3 Å². The quantitative estimate of drug-likeness (QED) is 0.422. The van der Waals surface area contributed by atoms with Crippen LogP contribution < -0.4 is 5.32 Å². The van der Waals surface area contributed by atoms with E-state index in [1.165, 1.54) is 0 Å². The molecule has 7 nitrogen and oxygen atoms in total. The molecular weight excluding hydrogens is 468 g/mol. The van der Waals surface area contributed by atoms with Crippen LogP contribution in [0.15, 0.2) is 30.0 Å². The highest BCUT2D eigenvalue weighted by Crippen LogP contribution is 2.44. The lowest BCUT2D eigenvalue weighted by molar-refractivity contribution is -0.143. The van der Waals surface area contributed by atoms with Crippen molar-refractivity contribution in [3.63, 3.8) is 0 Å². The van der Waals surface area contributed by atoms with E-state index >= 15 is 0 Å². The molecule has 0 saturated carbocycles. The summed E-state index contributed by atoms with van der Waals surface area (Å²) in [5.74, 6) is 0.881. The number of rotatable bonds is 3. The van der Waals surface area contributed by atoms with Crippen molar-refractivity contribution in [2.75, 3.05) is 0 Å². The Labute approximate surface area is 221 Å². The molecule has 0 spiro atoms. The number of ether oxygens (including phenoxy) is 1. The monoisotopic (exact) mass is 510 g/mol. The molecule has 0 aliphatic carbocycles. The fourth-order valence-electron chi connectivity index (χ4n) is 5.34. The van der Waals surface area contributed by atoms with Gasteiger partial charge in [0, 0.05) is 19.0 Å². The number of hydrogen-bond donors (Lipinski definition) is 3. The second kappa shape index (κ2) is 11.9. The van der Waals surface area contributed by atoms with Crippen LogP contribution in [-0.4, -0.2) is 56.8 Å². The molecule has 7 unspecified atom stereocenters. The number of aliphatic hydroxyl groups is 2. The van der Waals surface area contributed by atoms with Crippen molar-refractivity contribution in [2.24, 2.45) is 17.3 Å². The molecule has 1 aromatic rings. The highest BCUT2D eigenvalue weighted by atomic mass is 16.6. The number of pyridine rings is 1. The van der Waals surface area contributed by atoms with Gasteiger partial charge in [-0.15, -0.1) is 12.3 Å². The first kappa shape index (κ1) is 29.0. The molecular formula is C30H42N2O5. The molecule has 0 aromatic carbocycles. The molecule has 37 heavy (non-hydrogen) atoms. The maximum Gasteiger partial charge on any atom is 0.223 e. The van der Waals surface area contributed by atoms with Crippen molar-refractivity contribution in [1.29, 1.82) is 0 Å². The van der Waals surface area contributed by atoms with Crippen LogP contribution >= 0.6 is 0 Å². The molecule has 7 heteroatoms. The van der Waals surface area contributed by atoms with E-state index in [-0.39, 0.29) is 48.2 Å². The highest BCUT2D eigenvalue weighted by Gasteiger charge is 2.52. The molecule has 0 bridgehead atoms. The average Bonchev–Trinajstić information content (AvgIpc) is 3.49. The van der Waals surface area contributed by atoms with E-state index in [0.29, 0.717) is 6.42 Å². The van der Waals surface area contributed by atoms with Crippen molar-refractivity contribution in [3.05, 3.63) is 35.7 Å². The van der Waals surface area contributed by atoms with Crippen molar-refractivity contribution in [2.45, 2.75) is 103 Å². The maximum absolute atomic E-state index is 13.5. The van der Waals surface area contributed by atoms with Gasteiger partial charge in [-0.3, -0.25) is 14.6 Å². The highest BCUT2D eigenvalue weighted by molar-refractivity contribution is 5.89. The number of fused-ring (bicyclic) bond motifs is 1. The number of nitrogens with zero attached hydrogens (tertiary/aromatic N) is 1. The van der Waals surface area contributed by atoms with E-state index in [1.807, 2.05) is 38.1 Å². The Morgan fingerprint density at radius 3 is 2.68 bits per heavy atom. The lowest BCUT2D eigenvalue weighted by Gasteiger charge is -2.35. The van der Waals surface area contributed by atoms with Crippen LogP contribution in [-0.2, 0) is 14.3 Å². The third-order valence-corrected chi connectivity index (χ3v) is 8.28. The lowest BCUT2D eigenvalue weighted by Crippen LogP contribution is -2.48. The topological polar surface area (TPSA) is 112 Å². The van der Waals surface area contributed by atoms with Crippen LogP contribution in [0.4, 0.5) is 0 Å². The fraction of sp³-hybridized carbons (Fsp3) is 0.633. The predicted octanol–water partition coefficient (Wildman–Crippen LogP) is 3.68. The standard InChI is InChI=1S/C30H42N2O5/c1-7-11-22-27(35)19(2)12-10-14-30(6)25(37-30)17-23(20(3)16-21-13-8-9-15-31-21)32-26(34)18-24(33)29(4,5)28(22)36/h1,8-9,13,15-16,19,22-25,27,33,35H,10-12,14,17-18H2,2-6H3,(H,32,34). The molecule has 3 N–H and O–H groups in total. The van der Waals surface area contributed by atoms with E-state index in [2.05, 4.69) is 23.1 Å². The average molecular weight is 511 g/mol. The van der Waals surface area contributed by atoms with Gasteiger partial charge in [-0.1, -0.05) is 33.3 Å². The summed E-state index contributed by atoms with van der Waals surface area (Å²) >= 11 is 0. The summed E-state index contributed by atoms with van der Waals surface area (Å²) in [6.07, 6.45) is 9.83. The number of Topliss-reactive ketones (excluding diaryl/α,β-unsaturated/α-hetero) is 1. The molecule has 202 valence electrons. The normalized spacial score (nSPS) is 35.7. The Bertz CT molecular complexity index is 1030. The molecule has 3 rings (SSSR count). The third kappa shape index (κ3) is 7.07. The van der Waals surface area contributed by atoms with Gasteiger partial charge in [0.1, 0.15) is 5.78 Å². The lowest BCUT2D eigenvalue weighted by atomic mass is 9.71. The summed E-state index contributed by atoms with van der Waals surface area (Å²) in [4.78, 5) is 31.0. The van der Waals surface area contributed by atoms with Crippen molar-refractivity contribution >= 4 is 17.8 Å². The summed E-state index contributed by atoms with van der Waals surface area (Å²) in [6, 6.07) is 5.35.